The van der Waals surface area contributed by atoms with Crippen LogP contribution >= 0.6 is 0 Å². The van der Waals surface area contributed by atoms with Crippen molar-refractivity contribution in [3.8, 4) is 16.9 Å². The third-order valence-corrected chi connectivity index (χ3v) is 7.57. The summed E-state index contributed by atoms with van der Waals surface area (Å²) in [6.45, 7) is 0.187. The quantitative estimate of drug-likeness (QED) is 0.434. The van der Waals surface area contributed by atoms with Crippen LogP contribution in [0.25, 0.3) is 16.9 Å². The highest BCUT2D eigenvalue weighted by Gasteiger charge is 2.36. The maximum Gasteiger partial charge on any atom is 0.273 e. The Labute approximate surface area is 192 Å². The Morgan fingerprint density at radius 2 is 1.76 bits per heavy atom. The molecule has 2 aromatic carbocycles. The predicted octanol–water partition coefficient (Wildman–Crippen LogP) is 3.96. The van der Waals surface area contributed by atoms with Crippen LogP contribution in [0.2, 0.25) is 0 Å². The summed E-state index contributed by atoms with van der Waals surface area (Å²) in [6.07, 6.45) is 1.95. The molecule has 0 N–H and O–H groups in total. The van der Waals surface area contributed by atoms with E-state index in [0.717, 1.165) is 11.3 Å². The summed E-state index contributed by atoms with van der Waals surface area (Å²) in [5, 5.41) is 4.73. The highest BCUT2D eigenvalue weighted by atomic mass is 32.2. The van der Waals surface area contributed by atoms with Crippen molar-refractivity contribution in [2.24, 2.45) is 0 Å². The van der Waals surface area contributed by atoms with Crippen molar-refractivity contribution in [3.63, 3.8) is 0 Å². The number of hydrogen-bond acceptors (Lipinski definition) is 5. The van der Waals surface area contributed by atoms with E-state index in [9.17, 15) is 13.2 Å². The second-order valence-electron chi connectivity index (χ2n) is 8.10. The Morgan fingerprint density at radius 3 is 2.39 bits per heavy atom. The average Bonchev–Trinajstić information content (AvgIpc) is 3.58. The fourth-order valence-electron chi connectivity index (χ4n) is 4.15. The lowest BCUT2D eigenvalue weighted by atomic mass is 10.1. The van der Waals surface area contributed by atoms with E-state index in [1.165, 1.54) is 0 Å². The van der Waals surface area contributed by atoms with Crippen LogP contribution in [-0.4, -0.2) is 46.6 Å². The monoisotopic (exact) mass is 461 g/mol. The highest BCUT2D eigenvalue weighted by Crippen LogP contribution is 2.26. The number of nitrogens with zero attached hydrogens (tertiary/aromatic N) is 3. The van der Waals surface area contributed by atoms with Crippen LogP contribution in [0.3, 0.4) is 0 Å². The Balaban J connectivity index is 1.59. The minimum Gasteiger partial charge on any atom is -0.467 e. The number of carbonyl (C=O) groups excluding carboxylic acids is 1. The molecule has 3 heterocycles. The van der Waals surface area contributed by atoms with Crippen LogP contribution < -0.4 is 0 Å². The molecule has 33 heavy (non-hydrogen) atoms. The number of furan rings is 1. The van der Waals surface area contributed by atoms with Gasteiger partial charge in [0.15, 0.2) is 9.84 Å². The topological polar surface area (TPSA) is 85.4 Å². The summed E-state index contributed by atoms with van der Waals surface area (Å²) < 4.78 is 31.5. The van der Waals surface area contributed by atoms with Gasteiger partial charge in [-0.2, -0.15) is 5.10 Å². The number of rotatable bonds is 6. The van der Waals surface area contributed by atoms with Crippen LogP contribution in [0, 0.1) is 0 Å². The van der Waals surface area contributed by atoms with Crippen LogP contribution in [0.1, 0.15) is 22.7 Å². The van der Waals surface area contributed by atoms with Gasteiger partial charge in [0.25, 0.3) is 5.91 Å². The number of hydrogen-bond donors (Lipinski definition) is 0. The van der Waals surface area contributed by atoms with Crippen molar-refractivity contribution in [1.29, 1.82) is 0 Å². The van der Waals surface area contributed by atoms with Gasteiger partial charge in [-0.15, -0.1) is 0 Å². The van der Waals surface area contributed by atoms with Crippen molar-refractivity contribution in [2.75, 3.05) is 11.5 Å². The van der Waals surface area contributed by atoms with Crippen LogP contribution in [-0.2, 0) is 16.4 Å². The van der Waals surface area contributed by atoms with Gasteiger partial charge in [0, 0.05) is 11.6 Å². The van der Waals surface area contributed by atoms with Gasteiger partial charge in [0.05, 0.1) is 35.7 Å². The lowest BCUT2D eigenvalue weighted by Gasteiger charge is -2.27. The van der Waals surface area contributed by atoms with Gasteiger partial charge in [-0.25, -0.2) is 13.1 Å². The lowest BCUT2D eigenvalue weighted by Crippen LogP contribution is -2.41. The summed E-state index contributed by atoms with van der Waals surface area (Å²) in [5.41, 5.74) is 2.68. The summed E-state index contributed by atoms with van der Waals surface area (Å²) in [7, 11) is -3.18. The fraction of sp³-hybridized carbons (Fsp3) is 0.200. The SMILES string of the molecule is O=C(c1cc(-c2ccccc2)nn1-c1ccccc1)N(Cc1ccco1)C1CCS(=O)(=O)C1. The minimum absolute atomic E-state index is 0.0511. The molecule has 5 rings (SSSR count). The molecule has 1 unspecified atom stereocenters. The van der Waals surface area contributed by atoms with Gasteiger partial charge in [-0.1, -0.05) is 48.5 Å². The van der Waals surface area contributed by atoms with Crippen LogP contribution in [0.5, 0.6) is 0 Å². The highest BCUT2D eigenvalue weighted by molar-refractivity contribution is 7.91. The summed E-state index contributed by atoms with van der Waals surface area (Å²) in [5.74, 6) is 0.339. The van der Waals surface area contributed by atoms with Crippen molar-refractivity contribution in [3.05, 3.63) is 96.6 Å². The number of benzene rings is 2. The molecule has 1 aliphatic rings. The maximum atomic E-state index is 13.9. The van der Waals surface area contributed by atoms with Crippen molar-refractivity contribution in [2.45, 2.75) is 19.0 Å². The van der Waals surface area contributed by atoms with Gasteiger partial charge in [0.1, 0.15) is 11.5 Å². The van der Waals surface area contributed by atoms with Gasteiger partial charge in [0.2, 0.25) is 0 Å². The molecule has 7 nitrogen and oxygen atoms in total. The van der Waals surface area contributed by atoms with E-state index in [-0.39, 0.29) is 24.0 Å². The Bertz CT molecular complexity index is 1350. The molecule has 8 heteroatoms. The van der Waals surface area contributed by atoms with Crippen molar-refractivity contribution >= 4 is 15.7 Å². The summed E-state index contributed by atoms with van der Waals surface area (Å²) >= 11 is 0. The molecule has 0 bridgehead atoms. The molecule has 1 saturated heterocycles. The third-order valence-electron chi connectivity index (χ3n) is 5.82. The van der Waals surface area contributed by atoms with Gasteiger partial charge < -0.3 is 9.32 Å². The van der Waals surface area contributed by atoms with Crippen LogP contribution in [0.4, 0.5) is 0 Å². The molecule has 1 atom stereocenters. The number of para-hydroxylation sites is 1. The summed E-state index contributed by atoms with van der Waals surface area (Å²) in [4.78, 5) is 15.5. The van der Waals surface area contributed by atoms with E-state index in [0.29, 0.717) is 23.6 Å². The van der Waals surface area contributed by atoms with Gasteiger partial charge >= 0.3 is 0 Å². The first kappa shape index (κ1) is 21.2. The van der Waals surface area contributed by atoms with E-state index >= 15 is 0 Å². The van der Waals surface area contributed by atoms with E-state index in [1.54, 1.807) is 34.0 Å². The zero-order chi connectivity index (χ0) is 22.8. The second-order valence-corrected chi connectivity index (χ2v) is 10.3. The zero-order valence-electron chi connectivity index (χ0n) is 17.9. The van der Waals surface area contributed by atoms with E-state index in [2.05, 4.69) is 0 Å². The van der Waals surface area contributed by atoms with Gasteiger partial charge in [-0.3, -0.25) is 4.79 Å². The van der Waals surface area contributed by atoms with E-state index in [4.69, 9.17) is 9.52 Å². The molecular formula is C25H23N3O4S. The Kier molecular flexibility index (Phi) is 5.60. The molecule has 168 valence electrons. The first-order chi connectivity index (χ1) is 16.0. The Hall–Kier alpha value is -3.65. The maximum absolute atomic E-state index is 13.9. The van der Waals surface area contributed by atoms with E-state index in [1.807, 2.05) is 60.7 Å². The predicted molar refractivity (Wildman–Crippen MR) is 125 cm³/mol. The van der Waals surface area contributed by atoms with E-state index < -0.39 is 15.9 Å². The number of amides is 1. The standard InChI is InChI=1S/C25H23N3O4S/c29-25(27(17-22-12-7-14-32-22)21-13-15-33(30,31)18-21)24-16-23(19-8-3-1-4-9-19)26-28(24)20-10-5-2-6-11-20/h1-12,14,16,21H,13,15,17-18H2. The van der Waals surface area contributed by atoms with Gasteiger partial charge in [-0.05, 0) is 36.8 Å². The van der Waals surface area contributed by atoms with Crippen molar-refractivity contribution < 1.29 is 17.6 Å². The van der Waals surface area contributed by atoms with Crippen molar-refractivity contribution in [1.82, 2.24) is 14.7 Å². The zero-order valence-corrected chi connectivity index (χ0v) is 18.7. The molecule has 0 aliphatic carbocycles. The molecule has 0 saturated carbocycles. The number of aromatic nitrogens is 2. The second kappa shape index (κ2) is 8.71. The largest absolute Gasteiger partial charge is 0.467 e. The van der Waals surface area contributed by atoms with Crippen LogP contribution in [0.15, 0.2) is 89.5 Å². The molecule has 1 fully saturated rings. The smallest absolute Gasteiger partial charge is 0.273 e. The fourth-order valence-corrected chi connectivity index (χ4v) is 5.89. The molecule has 1 aliphatic heterocycles. The third kappa shape index (κ3) is 4.47. The molecule has 2 aromatic heterocycles. The first-order valence-electron chi connectivity index (χ1n) is 10.7. The first-order valence-corrected chi connectivity index (χ1v) is 12.6. The Morgan fingerprint density at radius 1 is 1.03 bits per heavy atom. The lowest BCUT2D eigenvalue weighted by molar-refractivity contribution is 0.0656. The summed E-state index contributed by atoms with van der Waals surface area (Å²) in [6, 6.07) is 24.0. The number of carbonyl (C=O) groups is 1. The number of sulfone groups is 1. The average molecular weight is 462 g/mol. The molecule has 0 radical (unpaired) electrons. The molecule has 0 spiro atoms. The molecule has 4 aromatic rings. The molecular weight excluding hydrogens is 438 g/mol. The normalized spacial score (nSPS) is 17.2. The molecule has 1 amide bonds. The minimum atomic E-state index is -3.18.